The molecule has 0 saturated carbocycles. The van der Waals surface area contributed by atoms with Crippen LogP contribution in [0.3, 0.4) is 0 Å². The molecular formula is C17H18BrFN4O3. The third kappa shape index (κ3) is 3.44. The van der Waals surface area contributed by atoms with Crippen molar-refractivity contribution in [1.82, 2.24) is 20.2 Å². The van der Waals surface area contributed by atoms with Gasteiger partial charge in [0.2, 0.25) is 0 Å². The predicted molar refractivity (Wildman–Crippen MR) is 95.0 cm³/mol. The molecule has 0 aliphatic carbocycles. The van der Waals surface area contributed by atoms with E-state index >= 15 is 0 Å². The first-order valence-electron chi connectivity index (χ1n) is 8.04. The second kappa shape index (κ2) is 7.45. The van der Waals surface area contributed by atoms with E-state index in [1.54, 1.807) is 12.1 Å². The molecule has 7 nitrogen and oxygen atoms in total. The van der Waals surface area contributed by atoms with Crippen molar-refractivity contribution in [3.63, 3.8) is 0 Å². The molecule has 0 spiro atoms. The number of nitrogens with one attached hydrogen (secondary N) is 2. The topological polar surface area (TPSA) is 87.3 Å². The number of amides is 2. The van der Waals surface area contributed by atoms with Crippen LogP contribution in [0.4, 0.5) is 9.18 Å². The molecule has 138 valence electrons. The number of aromatic nitrogens is 2. The highest BCUT2D eigenvalue weighted by molar-refractivity contribution is 9.10. The molecule has 0 radical (unpaired) electrons. The highest BCUT2D eigenvalue weighted by atomic mass is 79.9. The first-order chi connectivity index (χ1) is 12.4. The Hall–Kier alpha value is -2.42. The van der Waals surface area contributed by atoms with Crippen molar-refractivity contribution in [1.29, 1.82) is 0 Å². The van der Waals surface area contributed by atoms with Gasteiger partial charge in [-0.1, -0.05) is 15.9 Å². The van der Waals surface area contributed by atoms with Gasteiger partial charge < -0.3 is 19.9 Å². The zero-order valence-corrected chi connectivity index (χ0v) is 15.8. The molecule has 1 aromatic heterocycles. The average Bonchev–Trinajstić information content (AvgIpc) is 3.10. The van der Waals surface area contributed by atoms with Gasteiger partial charge in [-0.05, 0) is 25.1 Å². The second-order valence-corrected chi connectivity index (χ2v) is 6.89. The molecule has 2 heterocycles. The standard InChI is InChI=1S/C17H18BrFN4O3/c1-9(16(24)26-2)22-17(25)23-6-5-13-14(21-8-20-13)15(23)11-7-10(18)3-4-12(11)19/h3-4,7-9,15H,5-6H2,1-2H3,(H,20,21)(H,22,25)/t9-,15?/m0/s1. The van der Waals surface area contributed by atoms with E-state index in [9.17, 15) is 14.0 Å². The number of fused-ring (bicyclic) bond motifs is 1. The molecule has 1 aliphatic heterocycles. The van der Waals surface area contributed by atoms with E-state index in [1.165, 1.54) is 31.3 Å². The lowest BCUT2D eigenvalue weighted by molar-refractivity contribution is -0.142. The van der Waals surface area contributed by atoms with Crippen LogP contribution in [0.25, 0.3) is 0 Å². The normalized spacial score (nSPS) is 17.4. The van der Waals surface area contributed by atoms with Gasteiger partial charge >= 0.3 is 12.0 Å². The SMILES string of the molecule is COC(=O)[C@H](C)NC(=O)N1CCc2[nH]cnc2C1c1cc(Br)ccc1F. The number of aromatic amines is 1. The van der Waals surface area contributed by atoms with Crippen LogP contribution in [0.5, 0.6) is 0 Å². The number of carbonyl (C=O) groups is 2. The van der Waals surface area contributed by atoms with Gasteiger partial charge in [-0.2, -0.15) is 0 Å². The van der Waals surface area contributed by atoms with Crippen molar-refractivity contribution in [2.24, 2.45) is 0 Å². The van der Waals surface area contributed by atoms with Gasteiger partial charge in [-0.25, -0.2) is 19.0 Å². The smallest absolute Gasteiger partial charge is 0.328 e. The zero-order chi connectivity index (χ0) is 18.8. The van der Waals surface area contributed by atoms with Crippen LogP contribution < -0.4 is 5.32 Å². The number of urea groups is 1. The molecule has 0 saturated heterocycles. The average molecular weight is 425 g/mol. The number of benzene rings is 1. The van der Waals surface area contributed by atoms with Crippen molar-refractivity contribution < 1.29 is 18.7 Å². The van der Waals surface area contributed by atoms with Crippen molar-refractivity contribution in [2.75, 3.05) is 13.7 Å². The summed E-state index contributed by atoms with van der Waals surface area (Å²) >= 11 is 3.34. The minimum Gasteiger partial charge on any atom is -0.467 e. The summed E-state index contributed by atoms with van der Waals surface area (Å²) in [6.45, 7) is 1.88. The summed E-state index contributed by atoms with van der Waals surface area (Å²) in [4.78, 5) is 33.2. The molecule has 0 bridgehead atoms. The van der Waals surface area contributed by atoms with Gasteiger partial charge in [0.25, 0.3) is 0 Å². The predicted octanol–water partition coefficient (Wildman–Crippen LogP) is 2.53. The van der Waals surface area contributed by atoms with E-state index in [0.29, 0.717) is 28.7 Å². The number of carbonyl (C=O) groups excluding carboxylic acids is 2. The van der Waals surface area contributed by atoms with E-state index in [1.807, 2.05) is 0 Å². The van der Waals surface area contributed by atoms with E-state index in [-0.39, 0.29) is 0 Å². The monoisotopic (exact) mass is 424 g/mol. The number of methoxy groups -OCH3 is 1. The Kier molecular flexibility index (Phi) is 5.26. The second-order valence-electron chi connectivity index (χ2n) is 5.97. The van der Waals surface area contributed by atoms with E-state index < -0.39 is 29.9 Å². The third-order valence-electron chi connectivity index (χ3n) is 4.33. The fraction of sp³-hybridized carbons (Fsp3) is 0.353. The van der Waals surface area contributed by atoms with E-state index in [4.69, 9.17) is 0 Å². The Morgan fingerprint density at radius 2 is 2.27 bits per heavy atom. The van der Waals surface area contributed by atoms with Gasteiger partial charge in [0.15, 0.2) is 0 Å². The summed E-state index contributed by atoms with van der Waals surface area (Å²) in [6, 6.07) is 2.56. The summed E-state index contributed by atoms with van der Waals surface area (Å²) in [5.74, 6) is -0.992. The molecule has 0 fully saturated rings. The van der Waals surface area contributed by atoms with E-state index in [2.05, 4.69) is 36.0 Å². The fourth-order valence-electron chi connectivity index (χ4n) is 3.04. The molecule has 26 heavy (non-hydrogen) atoms. The third-order valence-corrected chi connectivity index (χ3v) is 4.83. The lowest BCUT2D eigenvalue weighted by Gasteiger charge is -2.36. The Balaban J connectivity index is 1.97. The minimum absolute atomic E-state index is 0.327. The molecule has 2 atom stereocenters. The maximum absolute atomic E-state index is 14.5. The first-order valence-corrected chi connectivity index (χ1v) is 8.83. The maximum Gasteiger partial charge on any atom is 0.328 e. The Morgan fingerprint density at radius 3 is 3.00 bits per heavy atom. The van der Waals surface area contributed by atoms with Crippen LogP contribution in [0.2, 0.25) is 0 Å². The first kappa shape index (κ1) is 18.4. The quantitative estimate of drug-likeness (QED) is 0.741. The van der Waals surface area contributed by atoms with Crippen molar-refractivity contribution in [3.8, 4) is 0 Å². The highest BCUT2D eigenvalue weighted by Crippen LogP contribution is 2.35. The number of H-pyrrole nitrogens is 1. The van der Waals surface area contributed by atoms with Crippen LogP contribution in [0, 0.1) is 5.82 Å². The number of ether oxygens (including phenoxy) is 1. The summed E-state index contributed by atoms with van der Waals surface area (Å²) in [7, 11) is 1.25. The summed E-state index contributed by atoms with van der Waals surface area (Å²) in [6.07, 6.45) is 2.09. The minimum atomic E-state index is -0.818. The van der Waals surface area contributed by atoms with Gasteiger partial charge in [-0.3, -0.25) is 0 Å². The molecule has 2 amide bonds. The van der Waals surface area contributed by atoms with Gasteiger partial charge in [0, 0.05) is 28.7 Å². The van der Waals surface area contributed by atoms with Crippen LogP contribution in [-0.4, -0.2) is 46.6 Å². The molecule has 1 unspecified atom stereocenters. The number of rotatable bonds is 3. The molecule has 9 heteroatoms. The molecule has 3 rings (SSSR count). The Morgan fingerprint density at radius 1 is 1.50 bits per heavy atom. The summed E-state index contributed by atoms with van der Waals surface area (Å²) in [5.41, 5.74) is 1.78. The number of halogens is 2. The van der Waals surface area contributed by atoms with Gasteiger partial charge in [0.1, 0.15) is 17.9 Å². The molecular weight excluding hydrogens is 407 g/mol. The van der Waals surface area contributed by atoms with Crippen LogP contribution in [0.1, 0.15) is 29.9 Å². The number of hydrogen-bond acceptors (Lipinski definition) is 4. The molecule has 2 N–H and O–H groups in total. The van der Waals surface area contributed by atoms with Gasteiger partial charge in [-0.15, -0.1) is 0 Å². The van der Waals surface area contributed by atoms with E-state index in [0.717, 1.165) is 5.69 Å². The summed E-state index contributed by atoms with van der Waals surface area (Å²) in [5, 5.41) is 2.60. The number of esters is 1. The molecule has 1 aliphatic rings. The zero-order valence-electron chi connectivity index (χ0n) is 14.3. The number of hydrogen-bond donors (Lipinski definition) is 2. The van der Waals surface area contributed by atoms with Crippen molar-refractivity contribution >= 4 is 27.9 Å². The van der Waals surface area contributed by atoms with Crippen LogP contribution >= 0.6 is 15.9 Å². The number of imidazole rings is 1. The summed E-state index contributed by atoms with van der Waals surface area (Å²) < 4.78 is 19.9. The molecule has 1 aromatic carbocycles. The molecule has 2 aromatic rings. The van der Waals surface area contributed by atoms with Crippen molar-refractivity contribution in [2.45, 2.75) is 25.4 Å². The largest absolute Gasteiger partial charge is 0.467 e. The number of nitrogens with zero attached hydrogens (tertiary/aromatic N) is 2. The van der Waals surface area contributed by atoms with Crippen molar-refractivity contribution in [3.05, 3.63) is 51.8 Å². The lowest BCUT2D eigenvalue weighted by Crippen LogP contribution is -2.50. The van der Waals surface area contributed by atoms with Crippen LogP contribution in [-0.2, 0) is 16.0 Å². The fourth-order valence-corrected chi connectivity index (χ4v) is 3.42. The lowest BCUT2D eigenvalue weighted by atomic mass is 9.95. The Bertz CT molecular complexity index is 841. The van der Waals surface area contributed by atoms with Crippen LogP contribution in [0.15, 0.2) is 29.0 Å². The van der Waals surface area contributed by atoms with Gasteiger partial charge in [0.05, 0.1) is 19.1 Å². The Labute approximate surface area is 158 Å². The highest BCUT2D eigenvalue weighted by Gasteiger charge is 2.36. The maximum atomic E-state index is 14.5.